The van der Waals surface area contributed by atoms with Crippen LogP contribution in [-0.2, 0) is 0 Å². The van der Waals surface area contributed by atoms with Crippen LogP contribution in [0.15, 0.2) is 85.2 Å². The van der Waals surface area contributed by atoms with Crippen LogP contribution in [0.5, 0.6) is 0 Å². The van der Waals surface area contributed by atoms with Crippen molar-refractivity contribution in [3.63, 3.8) is 0 Å². The fourth-order valence-electron chi connectivity index (χ4n) is 3.50. The molecule has 27 heavy (non-hydrogen) atoms. The van der Waals surface area contributed by atoms with E-state index < -0.39 is 0 Å². The van der Waals surface area contributed by atoms with Crippen LogP contribution in [0.4, 0.5) is 5.69 Å². The molecular weight excluding hydrogens is 328 g/mol. The van der Waals surface area contributed by atoms with Crippen molar-refractivity contribution in [3.05, 3.63) is 96.3 Å². The minimum absolute atomic E-state index is 0.960. The molecule has 0 unspecified atom stereocenters. The fraction of sp³-hybridized carbons (Fsp3) is 0.0800. The van der Waals surface area contributed by atoms with Crippen LogP contribution in [0.25, 0.3) is 22.6 Å². The van der Waals surface area contributed by atoms with Crippen molar-refractivity contribution in [1.82, 2.24) is 0 Å². The summed E-state index contributed by atoms with van der Waals surface area (Å²) >= 11 is 0. The SMILES string of the molecule is C#C[n+]1ccc(C=CC=C2C=CN(CC)c3ccccc32)c2ccccc21. The van der Waals surface area contributed by atoms with E-state index in [9.17, 15) is 0 Å². The molecule has 0 atom stereocenters. The molecule has 2 nitrogen and oxygen atoms in total. The highest BCUT2D eigenvalue weighted by molar-refractivity contribution is 5.89. The lowest BCUT2D eigenvalue weighted by Crippen LogP contribution is -2.28. The summed E-state index contributed by atoms with van der Waals surface area (Å²) in [5, 5.41) is 1.14. The van der Waals surface area contributed by atoms with Gasteiger partial charge in [0.15, 0.2) is 6.20 Å². The molecular formula is C25H21N2+. The van der Waals surface area contributed by atoms with Crippen molar-refractivity contribution in [3.8, 4) is 12.5 Å². The highest BCUT2D eigenvalue weighted by Gasteiger charge is 2.13. The lowest BCUT2D eigenvalue weighted by Gasteiger charge is -2.26. The molecule has 3 aromatic rings. The highest BCUT2D eigenvalue weighted by Crippen LogP contribution is 2.32. The Balaban J connectivity index is 1.71. The lowest BCUT2D eigenvalue weighted by molar-refractivity contribution is -0.554. The minimum atomic E-state index is 0.960. The molecule has 0 saturated carbocycles. The van der Waals surface area contributed by atoms with Crippen molar-refractivity contribution in [2.75, 3.05) is 11.4 Å². The van der Waals surface area contributed by atoms with E-state index in [0.717, 1.165) is 23.0 Å². The zero-order valence-corrected chi connectivity index (χ0v) is 15.3. The molecule has 1 aliphatic heterocycles. The first-order chi connectivity index (χ1) is 13.3. The third-order valence-electron chi connectivity index (χ3n) is 4.87. The summed E-state index contributed by atoms with van der Waals surface area (Å²) in [6.45, 7) is 3.13. The maximum atomic E-state index is 5.61. The number of hydrogen-bond acceptors (Lipinski definition) is 1. The van der Waals surface area contributed by atoms with Gasteiger partial charge in [0.1, 0.15) is 0 Å². The molecule has 1 aromatic heterocycles. The predicted octanol–water partition coefficient (Wildman–Crippen LogP) is 5.02. The van der Waals surface area contributed by atoms with E-state index in [0.29, 0.717) is 0 Å². The van der Waals surface area contributed by atoms with Crippen LogP contribution in [0.3, 0.4) is 0 Å². The Labute approximate surface area is 160 Å². The Morgan fingerprint density at radius 2 is 1.89 bits per heavy atom. The smallest absolute Gasteiger partial charge is 0.228 e. The van der Waals surface area contributed by atoms with Crippen LogP contribution >= 0.6 is 0 Å². The average molecular weight is 349 g/mol. The largest absolute Gasteiger partial charge is 0.348 e. The van der Waals surface area contributed by atoms with Gasteiger partial charge in [-0.2, -0.15) is 0 Å². The number of hydrogen-bond donors (Lipinski definition) is 0. The molecule has 0 saturated heterocycles. The van der Waals surface area contributed by atoms with Gasteiger partial charge in [0, 0.05) is 36.1 Å². The van der Waals surface area contributed by atoms with Gasteiger partial charge in [-0.15, -0.1) is 4.57 Å². The summed E-state index contributed by atoms with van der Waals surface area (Å²) in [5.41, 5.74) is 5.91. The maximum Gasteiger partial charge on any atom is 0.228 e. The quantitative estimate of drug-likeness (QED) is 0.476. The van der Waals surface area contributed by atoms with Gasteiger partial charge in [-0.25, -0.2) is 0 Å². The van der Waals surface area contributed by atoms with Crippen molar-refractivity contribution in [1.29, 1.82) is 0 Å². The zero-order valence-electron chi connectivity index (χ0n) is 15.3. The molecule has 0 bridgehead atoms. The van der Waals surface area contributed by atoms with E-state index in [2.05, 4.69) is 84.8 Å². The van der Waals surface area contributed by atoms with Gasteiger partial charge in [-0.05, 0) is 42.7 Å². The number of pyridine rings is 1. The molecule has 2 aromatic carbocycles. The molecule has 2 heteroatoms. The Morgan fingerprint density at radius 1 is 1.07 bits per heavy atom. The van der Waals surface area contributed by atoms with Gasteiger partial charge >= 0.3 is 0 Å². The molecule has 130 valence electrons. The molecule has 0 aliphatic carbocycles. The Morgan fingerprint density at radius 3 is 2.74 bits per heavy atom. The predicted molar refractivity (Wildman–Crippen MR) is 114 cm³/mol. The van der Waals surface area contributed by atoms with E-state index in [1.807, 2.05) is 29.0 Å². The number of anilines is 1. The first-order valence-corrected chi connectivity index (χ1v) is 9.14. The van der Waals surface area contributed by atoms with Crippen LogP contribution < -0.4 is 9.47 Å². The zero-order chi connectivity index (χ0) is 18.6. The Bertz CT molecular complexity index is 1130. The van der Waals surface area contributed by atoms with E-state index in [4.69, 9.17) is 6.42 Å². The van der Waals surface area contributed by atoms with E-state index >= 15 is 0 Å². The molecule has 2 heterocycles. The van der Waals surface area contributed by atoms with Crippen molar-refractivity contribution >= 4 is 28.2 Å². The second-order valence-electron chi connectivity index (χ2n) is 6.39. The van der Waals surface area contributed by atoms with E-state index in [-0.39, 0.29) is 0 Å². The summed E-state index contributed by atoms with van der Waals surface area (Å²) in [6.07, 6.45) is 18.3. The monoisotopic (exact) mass is 349 g/mol. The van der Waals surface area contributed by atoms with Crippen molar-refractivity contribution in [2.24, 2.45) is 0 Å². The van der Waals surface area contributed by atoms with Crippen LogP contribution in [0.1, 0.15) is 18.1 Å². The molecule has 1 aliphatic rings. The number of aromatic nitrogens is 1. The second kappa shape index (κ2) is 7.35. The highest BCUT2D eigenvalue weighted by atomic mass is 15.1. The first kappa shape index (κ1) is 16.9. The standard InChI is InChI=1S/C25H21N2/c1-3-26-18-16-20(22-12-5-7-14-24(22)26)10-9-11-21-17-19-27(4-2)25-15-8-6-13-23(21)25/h1,5-19H,4H2,2H3/q+1. The van der Waals surface area contributed by atoms with Gasteiger partial charge in [-0.1, -0.05) is 48.6 Å². The average Bonchev–Trinajstić information content (AvgIpc) is 2.74. The summed E-state index contributed by atoms with van der Waals surface area (Å²) in [6, 6.07) is 21.5. The van der Waals surface area contributed by atoms with E-state index in [1.165, 1.54) is 16.8 Å². The minimum Gasteiger partial charge on any atom is -0.348 e. The lowest BCUT2D eigenvalue weighted by atomic mass is 9.99. The number of allylic oxidation sites excluding steroid dienone is 4. The topological polar surface area (TPSA) is 7.12 Å². The number of para-hydroxylation sites is 2. The molecule has 0 radical (unpaired) electrons. The Hall–Kier alpha value is -3.57. The molecule has 0 amide bonds. The summed E-state index contributed by atoms with van der Waals surface area (Å²) in [7, 11) is 0. The van der Waals surface area contributed by atoms with Crippen LogP contribution in [0.2, 0.25) is 0 Å². The fourth-order valence-corrected chi connectivity index (χ4v) is 3.50. The third kappa shape index (κ3) is 3.16. The number of fused-ring (bicyclic) bond motifs is 2. The number of benzene rings is 2. The van der Waals surface area contributed by atoms with Gasteiger partial charge in [-0.3, -0.25) is 0 Å². The first-order valence-electron chi connectivity index (χ1n) is 9.14. The molecule has 4 rings (SSSR count). The van der Waals surface area contributed by atoms with Crippen molar-refractivity contribution in [2.45, 2.75) is 6.92 Å². The summed E-state index contributed by atoms with van der Waals surface area (Å²) < 4.78 is 1.81. The van der Waals surface area contributed by atoms with Crippen LogP contribution in [0, 0.1) is 12.5 Å². The molecule has 0 N–H and O–H groups in total. The normalized spacial score (nSPS) is 14.7. The second-order valence-corrected chi connectivity index (χ2v) is 6.39. The summed E-state index contributed by atoms with van der Waals surface area (Å²) in [4.78, 5) is 2.26. The van der Waals surface area contributed by atoms with Gasteiger partial charge in [0.2, 0.25) is 11.6 Å². The third-order valence-corrected chi connectivity index (χ3v) is 4.87. The molecule has 0 spiro atoms. The number of nitrogens with zero attached hydrogens (tertiary/aromatic N) is 2. The van der Waals surface area contributed by atoms with Gasteiger partial charge in [0.25, 0.3) is 0 Å². The Kier molecular flexibility index (Phi) is 4.60. The van der Waals surface area contributed by atoms with Crippen LogP contribution in [-0.4, -0.2) is 6.54 Å². The van der Waals surface area contributed by atoms with E-state index in [1.54, 1.807) is 0 Å². The van der Waals surface area contributed by atoms with Gasteiger partial charge in [0.05, 0.1) is 5.39 Å². The number of terminal acetylenes is 1. The van der Waals surface area contributed by atoms with Crippen molar-refractivity contribution < 1.29 is 4.57 Å². The number of rotatable bonds is 3. The molecule has 0 fully saturated rings. The maximum absolute atomic E-state index is 5.61. The summed E-state index contributed by atoms with van der Waals surface area (Å²) in [5.74, 6) is 0. The van der Waals surface area contributed by atoms with Gasteiger partial charge < -0.3 is 4.90 Å².